The summed E-state index contributed by atoms with van der Waals surface area (Å²) in [5.74, 6) is -0.380. The Kier molecular flexibility index (Phi) is 5.93. The molecule has 6 nitrogen and oxygen atoms in total. The van der Waals surface area contributed by atoms with Crippen molar-refractivity contribution in [1.29, 1.82) is 0 Å². The summed E-state index contributed by atoms with van der Waals surface area (Å²) in [6.45, 7) is 4.50. The Bertz CT molecular complexity index is 949. The first kappa shape index (κ1) is 19.1. The predicted octanol–water partition coefficient (Wildman–Crippen LogP) is 3.36. The minimum Gasteiger partial charge on any atom is -0.350 e. The summed E-state index contributed by atoms with van der Waals surface area (Å²) in [4.78, 5) is 28.8. The smallest absolute Gasteiger partial charge is 0.253 e. The topological polar surface area (TPSA) is 76.0 Å². The molecule has 2 aromatic heterocycles. The highest BCUT2D eigenvalue weighted by Gasteiger charge is 2.17. The van der Waals surface area contributed by atoms with Crippen molar-refractivity contribution in [3.8, 4) is 5.13 Å². The molecule has 27 heavy (non-hydrogen) atoms. The van der Waals surface area contributed by atoms with Crippen molar-refractivity contribution in [2.45, 2.75) is 13.8 Å². The van der Waals surface area contributed by atoms with Gasteiger partial charge in [-0.1, -0.05) is 11.6 Å². The van der Waals surface area contributed by atoms with Gasteiger partial charge in [0.05, 0.1) is 5.56 Å². The maximum absolute atomic E-state index is 12.5. The zero-order valence-electron chi connectivity index (χ0n) is 15.0. The van der Waals surface area contributed by atoms with E-state index in [9.17, 15) is 9.59 Å². The quantitative estimate of drug-likeness (QED) is 0.621. The molecular formula is C19H19ClN4O2S. The number of carbonyl (C=O) groups excluding carboxylic acids is 2. The van der Waals surface area contributed by atoms with Crippen molar-refractivity contribution in [2.75, 3.05) is 13.1 Å². The number of aromatic nitrogens is 2. The average Bonchev–Trinajstić information content (AvgIpc) is 3.26. The number of hydrogen-bond acceptors (Lipinski definition) is 4. The van der Waals surface area contributed by atoms with Gasteiger partial charge in [-0.15, -0.1) is 11.3 Å². The van der Waals surface area contributed by atoms with Crippen LogP contribution in [-0.2, 0) is 0 Å². The maximum Gasteiger partial charge on any atom is 0.253 e. The molecule has 0 aliphatic heterocycles. The minimum atomic E-state index is -0.206. The highest BCUT2D eigenvalue weighted by molar-refractivity contribution is 7.12. The summed E-state index contributed by atoms with van der Waals surface area (Å²) >= 11 is 7.33. The Morgan fingerprint density at radius 3 is 2.41 bits per heavy atom. The molecule has 0 bridgehead atoms. The molecular weight excluding hydrogens is 384 g/mol. The lowest BCUT2D eigenvalue weighted by molar-refractivity contribution is 0.0927. The van der Waals surface area contributed by atoms with E-state index in [0.29, 0.717) is 29.2 Å². The molecule has 3 aromatic rings. The molecule has 0 fully saturated rings. The monoisotopic (exact) mass is 402 g/mol. The number of benzene rings is 1. The number of thiazole rings is 1. The average molecular weight is 403 g/mol. The summed E-state index contributed by atoms with van der Waals surface area (Å²) in [6.07, 6.45) is 1.74. The molecule has 8 heteroatoms. The number of halogens is 1. The third-order valence-electron chi connectivity index (χ3n) is 4.09. The maximum atomic E-state index is 12.5. The second kappa shape index (κ2) is 8.37. The fourth-order valence-electron chi connectivity index (χ4n) is 2.76. The molecule has 3 rings (SSSR count). The Morgan fingerprint density at radius 1 is 1.11 bits per heavy atom. The van der Waals surface area contributed by atoms with Crippen LogP contribution in [0.15, 0.2) is 41.9 Å². The zero-order chi connectivity index (χ0) is 19.4. The van der Waals surface area contributed by atoms with E-state index >= 15 is 0 Å². The van der Waals surface area contributed by atoms with Crippen molar-refractivity contribution in [3.63, 3.8) is 0 Å². The number of hydrogen-bond donors (Lipinski definition) is 2. The lowest BCUT2D eigenvalue weighted by Gasteiger charge is -2.08. The lowest BCUT2D eigenvalue weighted by atomic mass is 10.2. The Hall–Kier alpha value is -2.64. The third-order valence-corrected chi connectivity index (χ3v) is 5.10. The van der Waals surface area contributed by atoms with Crippen LogP contribution >= 0.6 is 22.9 Å². The highest BCUT2D eigenvalue weighted by atomic mass is 35.5. The van der Waals surface area contributed by atoms with Crippen molar-refractivity contribution in [2.24, 2.45) is 0 Å². The van der Waals surface area contributed by atoms with Gasteiger partial charge in [-0.3, -0.25) is 14.2 Å². The van der Waals surface area contributed by atoms with E-state index in [0.717, 1.165) is 16.5 Å². The fraction of sp³-hybridized carbons (Fsp3) is 0.211. The van der Waals surface area contributed by atoms with Gasteiger partial charge in [0.2, 0.25) is 0 Å². The summed E-state index contributed by atoms with van der Waals surface area (Å²) in [7, 11) is 0. The Morgan fingerprint density at radius 2 is 1.78 bits per heavy atom. The van der Waals surface area contributed by atoms with Gasteiger partial charge in [0.1, 0.15) is 0 Å². The first-order chi connectivity index (χ1) is 13.0. The largest absolute Gasteiger partial charge is 0.350 e. The second-order valence-electron chi connectivity index (χ2n) is 5.95. The van der Waals surface area contributed by atoms with E-state index < -0.39 is 0 Å². The molecule has 0 saturated carbocycles. The number of nitrogens with one attached hydrogen (secondary N) is 2. The highest BCUT2D eigenvalue weighted by Crippen LogP contribution is 2.22. The van der Waals surface area contributed by atoms with E-state index in [1.807, 2.05) is 29.9 Å². The van der Waals surface area contributed by atoms with Gasteiger partial charge in [-0.2, -0.15) is 0 Å². The van der Waals surface area contributed by atoms with Gasteiger partial charge < -0.3 is 10.6 Å². The summed E-state index contributed by atoms with van der Waals surface area (Å²) < 4.78 is 1.96. The van der Waals surface area contributed by atoms with Crippen LogP contribution in [0, 0.1) is 13.8 Å². The van der Waals surface area contributed by atoms with Crippen molar-refractivity contribution in [3.05, 3.63) is 69.4 Å². The molecule has 0 saturated heterocycles. The van der Waals surface area contributed by atoms with Crippen LogP contribution in [0.2, 0.25) is 5.02 Å². The van der Waals surface area contributed by atoms with E-state index in [1.54, 1.807) is 30.5 Å². The first-order valence-electron chi connectivity index (χ1n) is 8.38. The molecule has 0 radical (unpaired) electrons. The van der Waals surface area contributed by atoms with Gasteiger partial charge in [-0.25, -0.2) is 4.98 Å². The van der Waals surface area contributed by atoms with E-state index in [-0.39, 0.29) is 11.8 Å². The van der Waals surface area contributed by atoms with Crippen LogP contribution in [0.1, 0.15) is 32.1 Å². The van der Waals surface area contributed by atoms with Crippen molar-refractivity contribution >= 4 is 34.8 Å². The van der Waals surface area contributed by atoms with Crippen LogP contribution < -0.4 is 10.6 Å². The predicted molar refractivity (Wildman–Crippen MR) is 107 cm³/mol. The number of amides is 2. The van der Waals surface area contributed by atoms with Gasteiger partial charge in [0, 0.05) is 46.6 Å². The molecule has 2 amide bonds. The number of carbonyl (C=O) groups is 2. The van der Waals surface area contributed by atoms with E-state index in [1.165, 1.54) is 11.3 Å². The van der Waals surface area contributed by atoms with Gasteiger partial charge in [0.25, 0.3) is 11.8 Å². The standard InChI is InChI=1S/C19H19ClN4O2S/c1-12-11-16(13(2)24(12)19-23-9-10-27-19)18(26)22-8-7-21-17(25)14-3-5-15(20)6-4-14/h3-6,9-11H,7-8H2,1-2H3,(H,21,25)(H,22,26). The number of rotatable bonds is 6. The SMILES string of the molecule is Cc1cc(C(=O)NCCNC(=O)c2ccc(Cl)cc2)c(C)n1-c1nccs1. The molecule has 0 aliphatic rings. The number of nitrogens with zero attached hydrogens (tertiary/aromatic N) is 2. The fourth-order valence-corrected chi connectivity index (χ4v) is 3.64. The van der Waals surface area contributed by atoms with Gasteiger partial charge in [0.15, 0.2) is 5.13 Å². The summed E-state index contributed by atoms with van der Waals surface area (Å²) in [5, 5.41) is 8.92. The van der Waals surface area contributed by atoms with Crippen LogP contribution in [0.3, 0.4) is 0 Å². The Labute approximate surface area is 166 Å². The molecule has 1 aromatic carbocycles. The van der Waals surface area contributed by atoms with Crippen molar-refractivity contribution < 1.29 is 9.59 Å². The molecule has 2 heterocycles. The van der Waals surface area contributed by atoms with Gasteiger partial charge >= 0.3 is 0 Å². The van der Waals surface area contributed by atoms with Gasteiger partial charge in [-0.05, 0) is 44.2 Å². The van der Waals surface area contributed by atoms with E-state index in [4.69, 9.17) is 11.6 Å². The number of aryl methyl sites for hydroxylation is 1. The molecule has 2 N–H and O–H groups in total. The molecule has 0 spiro atoms. The second-order valence-corrected chi connectivity index (χ2v) is 7.26. The molecule has 140 valence electrons. The van der Waals surface area contributed by atoms with Crippen LogP contribution in [-0.4, -0.2) is 34.5 Å². The molecule has 0 unspecified atom stereocenters. The van der Waals surface area contributed by atoms with Crippen LogP contribution in [0.4, 0.5) is 0 Å². The van der Waals surface area contributed by atoms with Crippen LogP contribution in [0.5, 0.6) is 0 Å². The van der Waals surface area contributed by atoms with Crippen molar-refractivity contribution in [1.82, 2.24) is 20.2 Å². The molecule has 0 aliphatic carbocycles. The Balaban J connectivity index is 1.55. The lowest BCUT2D eigenvalue weighted by Crippen LogP contribution is -2.34. The zero-order valence-corrected chi connectivity index (χ0v) is 16.5. The summed E-state index contributed by atoms with van der Waals surface area (Å²) in [6, 6.07) is 8.48. The normalized spacial score (nSPS) is 10.6. The summed E-state index contributed by atoms with van der Waals surface area (Å²) in [5.41, 5.74) is 2.92. The minimum absolute atomic E-state index is 0.174. The molecule has 0 atom stereocenters. The third kappa shape index (κ3) is 4.37. The van der Waals surface area contributed by atoms with E-state index in [2.05, 4.69) is 15.6 Å². The van der Waals surface area contributed by atoms with Crippen LogP contribution in [0.25, 0.3) is 5.13 Å². The first-order valence-corrected chi connectivity index (χ1v) is 9.64.